The molecule has 0 amide bonds. The van der Waals surface area contributed by atoms with Gasteiger partial charge in [-0.25, -0.2) is 4.79 Å². The van der Waals surface area contributed by atoms with Crippen LogP contribution in [0.15, 0.2) is 12.7 Å². The second-order valence-corrected chi connectivity index (χ2v) is 12.5. The second-order valence-electron chi connectivity index (χ2n) is 12.5. The standard InChI is InChI=1S/C26H34O2/c1-3-20(27)28-19-7-12-6-14(19)24-18-9-16(22(12)24)25-15-8-17(26(18)25)23-13-5-11(21(15)23)4-10(13)2/h3,10-19,21-26H,1,4-9H2,2H3. The molecule has 0 aromatic heterocycles. The summed E-state index contributed by atoms with van der Waals surface area (Å²) in [5, 5.41) is 0. The third-order valence-electron chi connectivity index (χ3n) is 12.5. The molecule has 8 rings (SSSR count). The number of ether oxygens (including phenoxy) is 1. The molecule has 0 spiro atoms. The van der Waals surface area contributed by atoms with E-state index < -0.39 is 0 Å². The summed E-state index contributed by atoms with van der Waals surface area (Å²) >= 11 is 0. The van der Waals surface area contributed by atoms with E-state index in [-0.39, 0.29) is 12.1 Å². The number of carbonyl (C=O) groups excluding carboxylic acids is 1. The van der Waals surface area contributed by atoms with E-state index in [2.05, 4.69) is 13.5 Å². The van der Waals surface area contributed by atoms with Crippen molar-refractivity contribution in [1.82, 2.24) is 0 Å². The molecule has 8 aliphatic carbocycles. The normalized spacial score (nSPS) is 68.3. The first-order chi connectivity index (χ1) is 13.7. The molecule has 8 bridgehead atoms. The molecule has 150 valence electrons. The smallest absolute Gasteiger partial charge is 0.330 e. The Morgan fingerprint density at radius 3 is 1.93 bits per heavy atom. The molecule has 0 saturated heterocycles. The Balaban J connectivity index is 1.12. The van der Waals surface area contributed by atoms with Gasteiger partial charge in [-0.05, 0) is 127 Å². The Labute approximate surface area is 168 Å². The maximum Gasteiger partial charge on any atom is 0.330 e. The lowest BCUT2D eigenvalue weighted by Gasteiger charge is -2.51. The van der Waals surface area contributed by atoms with Gasteiger partial charge in [-0.2, -0.15) is 0 Å². The summed E-state index contributed by atoms with van der Waals surface area (Å²) < 4.78 is 5.85. The van der Waals surface area contributed by atoms with E-state index in [1.54, 1.807) is 25.7 Å². The molecule has 0 radical (unpaired) electrons. The highest BCUT2D eigenvalue weighted by Gasteiger charge is 2.76. The predicted octanol–water partition coefficient (Wildman–Crippen LogP) is 4.80. The molecule has 2 heteroatoms. The third-order valence-corrected chi connectivity index (χ3v) is 12.5. The molecule has 8 fully saturated rings. The van der Waals surface area contributed by atoms with Crippen LogP contribution in [-0.2, 0) is 9.53 Å². The van der Waals surface area contributed by atoms with Crippen molar-refractivity contribution >= 4 is 5.97 Å². The summed E-state index contributed by atoms with van der Waals surface area (Å²) in [6, 6.07) is 0. The van der Waals surface area contributed by atoms with Crippen molar-refractivity contribution in [3.63, 3.8) is 0 Å². The van der Waals surface area contributed by atoms with Gasteiger partial charge in [0.1, 0.15) is 6.10 Å². The van der Waals surface area contributed by atoms with Crippen molar-refractivity contribution in [3.05, 3.63) is 12.7 Å². The number of hydrogen-bond donors (Lipinski definition) is 0. The summed E-state index contributed by atoms with van der Waals surface area (Å²) in [7, 11) is 0. The molecule has 16 unspecified atom stereocenters. The number of fused-ring (bicyclic) bond motifs is 23. The molecule has 28 heavy (non-hydrogen) atoms. The number of esters is 1. The minimum absolute atomic E-state index is 0.186. The van der Waals surface area contributed by atoms with E-state index in [9.17, 15) is 4.79 Å². The van der Waals surface area contributed by atoms with E-state index in [0.29, 0.717) is 5.92 Å². The predicted molar refractivity (Wildman–Crippen MR) is 106 cm³/mol. The zero-order valence-corrected chi connectivity index (χ0v) is 17.1. The minimum Gasteiger partial charge on any atom is -0.459 e. The Morgan fingerprint density at radius 1 is 0.714 bits per heavy atom. The molecule has 0 N–H and O–H groups in total. The fraction of sp³-hybridized carbons (Fsp3) is 0.885. The zero-order valence-electron chi connectivity index (χ0n) is 17.1. The van der Waals surface area contributed by atoms with Gasteiger partial charge in [0.05, 0.1) is 0 Å². The summed E-state index contributed by atoms with van der Waals surface area (Å²) in [5.74, 6) is 15.2. The highest BCUT2D eigenvalue weighted by Crippen LogP contribution is 2.81. The average molecular weight is 379 g/mol. The van der Waals surface area contributed by atoms with Crippen LogP contribution in [0.5, 0.6) is 0 Å². The maximum atomic E-state index is 11.9. The van der Waals surface area contributed by atoms with Gasteiger partial charge in [0, 0.05) is 6.08 Å². The molecule has 8 saturated carbocycles. The Kier molecular flexibility index (Phi) is 2.80. The van der Waals surface area contributed by atoms with Crippen LogP contribution >= 0.6 is 0 Å². The van der Waals surface area contributed by atoms with Crippen LogP contribution in [0.3, 0.4) is 0 Å². The molecule has 0 aromatic carbocycles. The lowest BCUT2D eigenvalue weighted by Crippen LogP contribution is -2.48. The van der Waals surface area contributed by atoms with Crippen LogP contribution in [0.25, 0.3) is 0 Å². The molecule has 8 aliphatic rings. The van der Waals surface area contributed by atoms with Crippen LogP contribution < -0.4 is 0 Å². The fourth-order valence-electron chi connectivity index (χ4n) is 12.7. The van der Waals surface area contributed by atoms with Crippen LogP contribution in [0.1, 0.15) is 45.4 Å². The molecule has 0 heterocycles. The first-order valence-electron chi connectivity index (χ1n) is 12.5. The van der Waals surface area contributed by atoms with Crippen LogP contribution in [-0.4, -0.2) is 12.1 Å². The zero-order chi connectivity index (χ0) is 18.5. The summed E-state index contributed by atoms with van der Waals surface area (Å²) in [5.41, 5.74) is 0. The van der Waals surface area contributed by atoms with E-state index in [1.165, 1.54) is 12.5 Å². The quantitative estimate of drug-likeness (QED) is 0.392. The third kappa shape index (κ3) is 1.56. The minimum atomic E-state index is -0.186. The van der Waals surface area contributed by atoms with E-state index in [4.69, 9.17) is 4.74 Å². The van der Waals surface area contributed by atoms with Crippen molar-refractivity contribution in [2.75, 3.05) is 0 Å². The highest BCUT2D eigenvalue weighted by atomic mass is 16.5. The summed E-state index contributed by atoms with van der Waals surface area (Å²) in [6.45, 7) is 6.18. The van der Waals surface area contributed by atoms with E-state index >= 15 is 0 Å². The van der Waals surface area contributed by atoms with Crippen molar-refractivity contribution in [2.24, 2.45) is 88.8 Å². The van der Waals surface area contributed by atoms with Crippen molar-refractivity contribution < 1.29 is 9.53 Å². The Morgan fingerprint density at radius 2 is 1.25 bits per heavy atom. The number of hydrogen-bond acceptors (Lipinski definition) is 2. The largest absolute Gasteiger partial charge is 0.459 e. The highest BCUT2D eigenvalue weighted by molar-refractivity contribution is 5.81. The van der Waals surface area contributed by atoms with Gasteiger partial charge >= 0.3 is 5.97 Å². The topological polar surface area (TPSA) is 26.3 Å². The second kappa shape index (κ2) is 4.92. The van der Waals surface area contributed by atoms with Gasteiger partial charge in [-0.15, -0.1) is 0 Å². The number of rotatable bonds is 2. The lowest BCUT2D eigenvalue weighted by molar-refractivity contribution is -0.149. The maximum absolute atomic E-state index is 11.9. The van der Waals surface area contributed by atoms with Crippen LogP contribution in [0.4, 0.5) is 0 Å². The first-order valence-corrected chi connectivity index (χ1v) is 12.5. The summed E-state index contributed by atoms with van der Waals surface area (Å²) in [6.07, 6.45) is 10.4. The van der Waals surface area contributed by atoms with Gasteiger partial charge in [0.2, 0.25) is 0 Å². The van der Waals surface area contributed by atoms with Gasteiger partial charge in [-0.3, -0.25) is 0 Å². The van der Waals surface area contributed by atoms with Crippen molar-refractivity contribution in [2.45, 2.75) is 51.6 Å². The van der Waals surface area contributed by atoms with E-state index in [1.807, 2.05) is 0 Å². The van der Waals surface area contributed by atoms with Crippen molar-refractivity contribution in [1.29, 1.82) is 0 Å². The lowest BCUT2D eigenvalue weighted by atomic mass is 9.54. The Hall–Kier alpha value is -0.790. The molecule has 0 aromatic rings. The van der Waals surface area contributed by atoms with E-state index in [0.717, 1.165) is 89.3 Å². The van der Waals surface area contributed by atoms with Gasteiger partial charge in [0.25, 0.3) is 0 Å². The molecular weight excluding hydrogens is 344 g/mol. The molecule has 2 nitrogen and oxygen atoms in total. The van der Waals surface area contributed by atoms with Gasteiger partial charge in [-0.1, -0.05) is 13.5 Å². The average Bonchev–Trinajstić information content (AvgIpc) is 3.49. The monoisotopic (exact) mass is 378 g/mol. The van der Waals surface area contributed by atoms with Gasteiger partial charge in [0.15, 0.2) is 0 Å². The van der Waals surface area contributed by atoms with Gasteiger partial charge < -0.3 is 4.74 Å². The fourth-order valence-corrected chi connectivity index (χ4v) is 12.7. The van der Waals surface area contributed by atoms with Crippen LogP contribution in [0, 0.1) is 88.8 Å². The first kappa shape index (κ1) is 16.0. The number of carbonyl (C=O) groups is 1. The molecule has 0 aliphatic heterocycles. The Bertz CT molecular complexity index is 772. The molecule has 16 atom stereocenters. The molecular formula is C26H34O2. The SMILES string of the molecule is C=CC(=O)OC1CC2CC1C1C3CC(C21)C1C2CC(C4C5CC(CC5C)C24)C31. The van der Waals surface area contributed by atoms with Crippen molar-refractivity contribution in [3.8, 4) is 0 Å². The van der Waals surface area contributed by atoms with Crippen LogP contribution in [0.2, 0.25) is 0 Å². The summed E-state index contributed by atoms with van der Waals surface area (Å²) in [4.78, 5) is 11.9.